The number of halogens is 4. The molecule has 1 aliphatic rings. The number of carbonyl (C=O) groups is 1. The lowest BCUT2D eigenvalue weighted by Gasteiger charge is -2.25. The van der Waals surface area contributed by atoms with E-state index in [1.807, 2.05) is 0 Å². The van der Waals surface area contributed by atoms with Crippen molar-refractivity contribution in [3.63, 3.8) is 0 Å². The molecule has 1 aromatic rings. The van der Waals surface area contributed by atoms with Gasteiger partial charge in [-0.2, -0.15) is 13.2 Å². The number of anilines is 1. The Labute approximate surface area is 135 Å². The van der Waals surface area contributed by atoms with Gasteiger partial charge in [0.25, 0.3) is 5.91 Å². The van der Waals surface area contributed by atoms with E-state index in [1.54, 1.807) is 0 Å². The number of rotatable bonds is 4. The normalized spacial score (nSPS) is 14.5. The van der Waals surface area contributed by atoms with Crippen molar-refractivity contribution in [2.75, 3.05) is 11.4 Å². The third-order valence-corrected chi connectivity index (χ3v) is 3.57. The quantitative estimate of drug-likeness (QED) is 0.648. The van der Waals surface area contributed by atoms with E-state index in [0.717, 1.165) is 25.0 Å². The van der Waals surface area contributed by atoms with Crippen LogP contribution in [0, 0.1) is 12.7 Å². The van der Waals surface area contributed by atoms with E-state index in [2.05, 4.69) is 17.5 Å². The second-order valence-electron chi connectivity index (χ2n) is 5.41. The van der Waals surface area contributed by atoms with Crippen LogP contribution in [0.15, 0.2) is 12.1 Å². The summed E-state index contributed by atoms with van der Waals surface area (Å²) in [6.45, 7) is -0.0322. The fraction of sp³-hybridized carbons (Fsp3) is 0.429. The van der Waals surface area contributed by atoms with Crippen LogP contribution in [-0.2, 0) is 0 Å². The Morgan fingerprint density at radius 2 is 2.04 bits per heavy atom. The zero-order chi connectivity index (χ0) is 17.4. The van der Waals surface area contributed by atoms with Gasteiger partial charge in [0.2, 0.25) is 0 Å². The predicted molar refractivity (Wildman–Crippen MR) is 81.8 cm³/mol. The van der Waals surface area contributed by atoms with Crippen LogP contribution in [-0.4, -0.2) is 29.8 Å². The fourth-order valence-corrected chi connectivity index (χ4v) is 2.23. The van der Waals surface area contributed by atoms with Crippen LogP contribution in [0.2, 0.25) is 0 Å². The molecule has 0 spiro atoms. The molecule has 1 aliphatic carbocycles. The molecule has 1 saturated carbocycles. The maximum atomic E-state index is 14.1. The SMILES string of the molecule is Cc1cc(F)c(N(CC(F)(F)F)C(N)=S)cc1C(=O)NC1CC1. The molecular formula is C14H15F4N3OS. The first-order valence-corrected chi connectivity index (χ1v) is 7.24. The van der Waals surface area contributed by atoms with E-state index < -0.39 is 35.2 Å². The Balaban J connectivity index is 2.39. The molecule has 0 aliphatic heterocycles. The third kappa shape index (κ3) is 4.54. The van der Waals surface area contributed by atoms with Gasteiger partial charge in [-0.3, -0.25) is 4.79 Å². The van der Waals surface area contributed by atoms with E-state index in [1.165, 1.54) is 6.92 Å². The molecule has 4 nitrogen and oxygen atoms in total. The monoisotopic (exact) mass is 349 g/mol. The van der Waals surface area contributed by atoms with E-state index in [-0.39, 0.29) is 11.6 Å². The van der Waals surface area contributed by atoms with Gasteiger partial charge in [-0.1, -0.05) is 0 Å². The van der Waals surface area contributed by atoms with E-state index in [0.29, 0.717) is 10.5 Å². The maximum absolute atomic E-state index is 14.1. The number of nitrogens with two attached hydrogens (primary N) is 1. The summed E-state index contributed by atoms with van der Waals surface area (Å²) < 4.78 is 52.0. The topological polar surface area (TPSA) is 58.4 Å². The van der Waals surface area contributed by atoms with Crippen molar-refractivity contribution in [1.82, 2.24) is 5.32 Å². The summed E-state index contributed by atoms with van der Waals surface area (Å²) in [5.74, 6) is -1.39. The molecule has 0 unspecified atom stereocenters. The van der Waals surface area contributed by atoms with Crippen molar-refractivity contribution in [1.29, 1.82) is 0 Å². The number of alkyl halides is 3. The van der Waals surface area contributed by atoms with E-state index >= 15 is 0 Å². The van der Waals surface area contributed by atoms with Gasteiger partial charge in [-0.25, -0.2) is 4.39 Å². The smallest absolute Gasteiger partial charge is 0.376 e. The molecule has 1 fully saturated rings. The maximum Gasteiger partial charge on any atom is 0.406 e. The van der Waals surface area contributed by atoms with Gasteiger partial charge in [-0.05, 0) is 49.7 Å². The summed E-state index contributed by atoms with van der Waals surface area (Å²) in [7, 11) is 0. The zero-order valence-corrected chi connectivity index (χ0v) is 13.0. The number of hydrogen-bond donors (Lipinski definition) is 2. The number of carbonyl (C=O) groups excluding carboxylic acids is 1. The van der Waals surface area contributed by atoms with E-state index in [9.17, 15) is 22.4 Å². The molecule has 9 heteroatoms. The molecule has 126 valence electrons. The van der Waals surface area contributed by atoms with Crippen LogP contribution in [0.3, 0.4) is 0 Å². The Morgan fingerprint density at radius 3 is 2.52 bits per heavy atom. The summed E-state index contributed by atoms with van der Waals surface area (Å²) in [6, 6.07) is 2.11. The molecule has 0 radical (unpaired) electrons. The molecule has 0 bridgehead atoms. The second-order valence-corrected chi connectivity index (χ2v) is 5.82. The highest BCUT2D eigenvalue weighted by Crippen LogP contribution is 2.28. The van der Waals surface area contributed by atoms with Crippen molar-refractivity contribution in [2.45, 2.75) is 32.0 Å². The van der Waals surface area contributed by atoms with Crippen LogP contribution in [0.5, 0.6) is 0 Å². The number of aryl methyl sites for hydroxylation is 1. The Kier molecular flexibility index (Phi) is 4.79. The van der Waals surface area contributed by atoms with Crippen molar-refractivity contribution < 1.29 is 22.4 Å². The highest BCUT2D eigenvalue weighted by molar-refractivity contribution is 7.80. The largest absolute Gasteiger partial charge is 0.406 e. The second kappa shape index (κ2) is 6.31. The lowest BCUT2D eigenvalue weighted by molar-refractivity contribution is -0.117. The Morgan fingerprint density at radius 1 is 1.43 bits per heavy atom. The van der Waals surface area contributed by atoms with Crippen molar-refractivity contribution in [3.05, 3.63) is 29.1 Å². The Hall–Kier alpha value is -1.90. The average Bonchev–Trinajstić information content (AvgIpc) is 3.19. The summed E-state index contributed by atoms with van der Waals surface area (Å²) in [5, 5.41) is 2.08. The Bertz CT molecular complexity index is 644. The number of amides is 1. The van der Waals surface area contributed by atoms with Crippen molar-refractivity contribution >= 4 is 28.9 Å². The van der Waals surface area contributed by atoms with Crippen LogP contribution < -0.4 is 16.0 Å². The number of benzene rings is 1. The fourth-order valence-electron chi connectivity index (χ4n) is 2.06. The van der Waals surface area contributed by atoms with Crippen molar-refractivity contribution in [3.8, 4) is 0 Å². The summed E-state index contributed by atoms with van der Waals surface area (Å²) in [4.78, 5) is 12.5. The van der Waals surface area contributed by atoms with Gasteiger partial charge in [0, 0.05) is 11.6 Å². The van der Waals surface area contributed by atoms with E-state index in [4.69, 9.17) is 5.73 Å². The van der Waals surface area contributed by atoms with Gasteiger partial charge < -0.3 is 16.0 Å². The van der Waals surface area contributed by atoms with Gasteiger partial charge in [0.05, 0.1) is 5.69 Å². The molecule has 0 heterocycles. The molecule has 23 heavy (non-hydrogen) atoms. The minimum atomic E-state index is -4.63. The zero-order valence-electron chi connectivity index (χ0n) is 12.2. The van der Waals surface area contributed by atoms with Crippen LogP contribution >= 0.6 is 12.2 Å². The van der Waals surface area contributed by atoms with Gasteiger partial charge in [-0.15, -0.1) is 0 Å². The summed E-state index contributed by atoms with van der Waals surface area (Å²) in [5.41, 5.74) is 5.23. The minimum Gasteiger partial charge on any atom is -0.376 e. The number of thiocarbonyl (C=S) groups is 1. The molecule has 2 rings (SSSR count). The molecule has 0 saturated heterocycles. The predicted octanol–water partition coefficient (Wildman–Crippen LogP) is 2.64. The first kappa shape index (κ1) is 17.5. The van der Waals surface area contributed by atoms with Crippen molar-refractivity contribution in [2.24, 2.45) is 5.73 Å². The molecular weight excluding hydrogens is 334 g/mol. The van der Waals surface area contributed by atoms with Crippen LogP contribution in [0.1, 0.15) is 28.8 Å². The number of nitrogens with one attached hydrogen (secondary N) is 1. The van der Waals surface area contributed by atoms with Crippen LogP contribution in [0.4, 0.5) is 23.2 Å². The molecule has 0 atom stereocenters. The number of hydrogen-bond acceptors (Lipinski definition) is 2. The molecule has 1 aromatic carbocycles. The van der Waals surface area contributed by atoms with Gasteiger partial charge in [0.15, 0.2) is 5.11 Å². The highest BCUT2D eigenvalue weighted by Gasteiger charge is 2.34. The summed E-state index contributed by atoms with van der Waals surface area (Å²) >= 11 is 4.58. The van der Waals surface area contributed by atoms with Gasteiger partial charge >= 0.3 is 6.18 Å². The molecule has 0 aromatic heterocycles. The first-order valence-electron chi connectivity index (χ1n) is 6.83. The number of nitrogens with zero attached hydrogens (tertiary/aromatic N) is 1. The summed E-state index contributed by atoms with van der Waals surface area (Å²) in [6.07, 6.45) is -2.92. The lowest BCUT2D eigenvalue weighted by atomic mass is 10.1. The molecule has 3 N–H and O–H groups in total. The standard InChI is InChI=1S/C14H15F4N3OS/c1-7-4-10(15)11(21(13(19)23)6-14(16,17)18)5-9(7)12(22)20-8-2-3-8/h4-5,8H,2-3,6H2,1H3,(H2,19,23)(H,20,22). The lowest BCUT2D eigenvalue weighted by Crippen LogP contribution is -2.42. The highest BCUT2D eigenvalue weighted by atomic mass is 32.1. The van der Waals surface area contributed by atoms with Gasteiger partial charge in [0.1, 0.15) is 12.4 Å². The first-order chi connectivity index (χ1) is 10.6. The molecule has 1 amide bonds. The third-order valence-electron chi connectivity index (χ3n) is 3.35. The van der Waals surface area contributed by atoms with Crippen LogP contribution in [0.25, 0.3) is 0 Å². The average molecular weight is 349 g/mol. The minimum absolute atomic E-state index is 0.0669.